The third-order valence-electron chi connectivity index (χ3n) is 5.14. The second-order valence-corrected chi connectivity index (χ2v) is 15.4. The first-order chi connectivity index (χ1) is 13.0. The van der Waals surface area contributed by atoms with Gasteiger partial charge in [-0.15, -0.1) is 0 Å². The molecule has 0 N–H and O–H groups in total. The van der Waals surface area contributed by atoms with E-state index in [-0.39, 0.29) is 11.6 Å². The van der Waals surface area contributed by atoms with E-state index in [1.165, 1.54) is 0 Å². The van der Waals surface area contributed by atoms with Crippen molar-refractivity contribution in [3.63, 3.8) is 0 Å². The molecule has 2 nitrogen and oxygen atoms in total. The van der Waals surface area contributed by atoms with Gasteiger partial charge in [-0.05, 0) is 0 Å². The molecule has 0 fully saturated rings. The number of carbonyl (C=O) groups is 1. The van der Waals surface area contributed by atoms with E-state index in [0.717, 1.165) is 15.9 Å². The van der Waals surface area contributed by atoms with Crippen molar-refractivity contribution < 1.29 is 9.53 Å². The van der Waals surface area contributed by atoms with Crippen LogP contribution in [0.3, 0.4) is 0 Å². The molecule has 27 heavy (non-hydrogen) atoms. The predicted octanol–water partition coefficient (Wildman–Crippen LogP) is 4.78. The van der Waals surface area contributed by atoms with Gasteiger partial charge in [0, 0.05) is 0 Å². The average molecular weight is 443 g/mol. The number of esters is 1. The summed E-state index contributed by atoms with van der Waals surface area (Å²) in [5.74, 6) is -0.191. The number of carbonyl (C=O) groups excluding carboxylic acids is 1. The molecule has 0 radical (unpaired) electrons. The molecule has 3 rings (SSSR count). The van der Waals surface area contributed by atoms with Crippen LogP contribution in [0.4, 0.5) is 0 Å². The molecule has 0 aliphatic heterocycles. The molecule has 3 aromatic carbocycles. The molecule has 0 aromatic heterocycles. The van der Waals surface area contributed by atoms with Crippen LogP contribution in [0.15, 0.2) is 91.0 Å². The van der Waals surface area contributed by atoms with Crippen molar-refractivity contribution in [2.24, 2.45) is 0 Å². The molecule has 0 aliphatic rings. The fourth-order valence-electron chi connectivity index (χ4n) is 3.74. The standard InChI is InChI=1S/C23H24BrO2P/c1-3-26-23(25)19(2)27(24,20-13-7-4-8-14-20,21-15-9-5-10-16-21)22-17-11-6-12-18-22/h4-19H,3H2,1-2H3. The van der Waals surface area contributed by atoms with Crippen LogP contribution < -0.4 is 15.9 Å². The predicted molar refractivity (Wildman–Crippen MR) is 120 cm³/mol. The summed E-state index contributed by atoms with van der Waals surface area (Å²) in [6, 6.07) is 30.9. The topological polar surface area (TPSA) is 26.3 Å². The Morgan fingerprint density at radius 1 is 0.815 bits per heavy atom. The minimum atomic E-state index is -3.31. The molecule has 3 aromatic rings. The second-order valence-electron chi connectivity index (χ2n) is 6.51. The molecule has 0 aliphatic carbocycles. The van der Waals surface area contributed by atoms with Gasteiger partial charge in [-0.25, -0.2) is 0 Å². The Balaban J connectivity index is 2.45. The third-order valence-corrected chi connectivity index (χ3v) is 16.3. The maximum absolute atomic E-state index is 13.1. The normalized spacial score (nSPS) is 14.0. The first kappa shape index (κ1) is 19.8. The van der Waals surface area contributed by atoms with Crippen LogP contribution in [0, 0.1) is 0 Å². The zero-order valence-corrected chi connectivity index (χ0v) is 18.1. The fourth-order valence-corrected chi connectivity index (χ4v) is 11.3. The number of hydrogen-bond acceptors (Lipinski definition) is 2. The molecule has 0 amide bonds. The van der Waals surface area contributed by atoms with Gasteiger partial charge in [0.05, 0.1) is 0 Å². The summed E-state index contributed by atoms with van der Waals surface area (Å²) in [6.45, 7) is 4.19. The molecule has 1 atom stereocenters. The number of halogens is 1. The zero-order chi connectivity index (χ0) is 19.4. The van der Waals surface area contributed by atoms with E-state index >= 15 is 0 Å². The number of hydrogen-bond donors (Lipinski definition) is 0. The quantitative estimate of drug-likeness (QED) is 0.405. The van der Waals surface area contributed by atoms with E-state index in [1.54, 1.807) is 0 Å². The number of rotatable bonds is 6. The second kappa shape index (κ2) is 7.96. The van der Waals surface area contributed by atoms with Crippen LogP contribution >= 0.6 is 20.8 Å². The van der Waals surface area contributed by atoms with E-state index in [2.05, 4.69) is 51.9 Å². The SMILES string of the molecule is CCOC(=O)C(C)P(Br)(c1ccccc1)(c1ccccc1)c1ccccc1. The summed E-state index contributed by atoms with van der Waals surface area (Å²) < 4.78 is 5.50. The monoisotopic (exact) mass is 442 g/mol. The van der Waals surface area contributed by atoms with Gasteiger partial charge in [0.2, 0.25) is 0 Å². The van der Waals surface area contributed by atoms with Crippen LogP contribution in [0.1, 0.15) is 13.8 Å². The van der Waals surface area contributed by atoms with Gasteiger partial charge in [0.1, 0.15) is 0 Å². The van der Waals surface area contributed by atoms with Gasteiger partial charge in [0.15, 0.2) is 0 Å². The van der Waals surface area contributed by atoms with Crippen LogP contribution in [0.5, 0.6) is 0 Å². The molecule has 4 heteroatoms. The summed E-state index contributed by atoms with van der Waals surface area (Å²) in [5, 5.41) is 0.0301. The van der Waals surface area contributed by atoms with Gasteiger partial charge in [-0.2, -0.15) is 0 Å². The maximum atomic E-state index is 13.1. The molecular weight excluding hydrogens is 419 g/mol. The van der Waals surface area contributed by atoms with Gasteiger partial charge >= 0.3 is 169 Å². The Bertz CT molecular complexity index is 798. The molecule has 0 bridgehead atoms. The minimum absolute atomic E-state index is 0.191. The van der Waals surface area contributed by atoms with E-state index < -0.39 is 5.31 Å². The summed E-state index contributed by atoms with van der Waals surface area (Å²) in [4.78, 5) is 13.1. The van der Waals surface area contributed by atoms with Crippen LogP contribution in [0.2, 0.25) is 0 Å². The molecule has 1 unspecified atom stereocenters. The Morgan fingerprint density at radius 3 is 1.44 bits per heavy atom. The van der Waals surface area contributed by atoms with Crippen LogP contribution in [0.25, 0.3) is 0 Å². The molecule has 0 saturated carbocycles. The van der Waals surface area contributed by atoms with E-state index in [1.807, 2.05) is 68.4 Å². The summed E-state index contributed by atoms with van der Waals surface area (Å²) >= 11 is 4.28. The Morgan fingerprint density at radius 2 is 1.15 bits per heavy atom. The number of ether oxygens (including phenoxy) is 1. The molecule has 140 valence electrons. The summed E-state index contributed by atoms with van der Waals surface area (Å²) in [5.41, 5.74) is -0.386. The zero-order valence-electron chi connectivity index (χ0n) is 15.6. The van der Waals surface area contributed by atoms with Crippen molar-refractivity contribution in [3.8, 4) is 0 Å². The summed E-state index contributed by atoms with van der Waals surface area (Å²) in [7, 11) is 0. The van der Waals surface area contributed by atoms with Gasteiger partial charge in [-0.1, -0.05) is 0 Å². The van der Waals surface area contributed by atoms with Crippen molar-refractivity contribution in [1.82, 2.24) is 0 Å². The average Bonchev–Trinajstić information content (AvgIpc) is 2.75. The van der Waals surface area contributed by atoms with Crippen LogP contribution in [-0.4, -0.2) is 18.2 Å². The van der Waals surface area contributed by atoms with Crippen molar-refractivity contribution in [2.75, 3.05) is 6.61 Å². The molecule has 0 heterocycles. The Kier molecular flexibility index (Phi) is 5.83. The van der Waals surface area contributed by atoms with Crippen molar-refractivity contribution in [1.29, 1.82) is 0 Å². The van der Waals surface area contributed by atoms with E-state index in [4.69, 9.17) is 4.74 Å². The van der Waals surface area contributed by atoms with E-state index in [0.29, 0.717) is 6.61 Å². The van der Waals surface area contributed by atoms with Crippen molar-refractivity contribution >= 4 is 42.7 Å². The van der Waals surface area contributed by atoms with Crippen molar-refractivity contribution in [3.05, 3.63) is 91.0 Å². The molecule has 0 saturated heterocycles. The summed E-state index contributed by atoms with van der Waals surface area (Å²) in [6.07, 6.45) is 0. The molecule has 0 spiro atoms. The van der Waals surface area contributed by atoms with Crippen LogP contribution in [-0.2, 0) is 9.53 Å². The fraction of sp³-hybridized carbons (Fsp3) is 0.174. The Hall–Kier alpha value is -1.96. The number of benzene rings is 3. The third kappa shape index (κ3) is 3.13. The molecular formula is C23H24BrO2P. The Labute approximate surface area is 169 Å². The van der Waals surface area contributed by atoms with Gasteiger partial charge < -0.3 is 0 Å². The first-order valence-corrected chi connectivity index (χ1v) is 13.4. The van der Waals surface area contributed by atoms with Crippen molar-refractivity contribution in [2.45, 2.75) is 19.5 Å². The van der Waals surface area contributed by atoms with Gasteiger partial charge in [-0.3, -0.25) is 0 Å². The van der Waals surface area contributed by atoms with E-state index in [9.17, 15) is 4.79 Å². The first-order valence-electron chi connectivity index (χ1n) is 9.10. The van der Waals surface area contributed by atoms with Gasteiger partial charge in [0.25, 0.3) is 0 Å².